The summed E-state index contributed by atoms with van der Waals surface area (Å²) in [6, 6.07) is 8.84. The van der Waals surface area contributed by atoms with Crippen molar-refractivity contribution in [2.75, 3.05) is 11.4 Å². The van der Waals surface area contributed by atoms with Gasteiger partial charge >= 0.3 is 5.97 Å². The topological polar surface area (TPSA) is 40.5 Å². The molecule has 1 atom stereocenters. The van der Waals surface area contributed by atoms with Crippen molar-refractivity contribution in [1.82, 2.24) is 0 Å². The summed E-state index contributed by atoms with van der Waals surface area (Å²) in [5.41, 5.74) is 2.46. The molecule has 96 valence electrons. The highest BCUT2D eigenvalue weighted by Gasteiger charge is 2.33. The standard InChI is InChI=1S/C15H19NO2/c17-15(18)12-9-11-5-1-4-8-14(11)16(10-12)13-6-2-3-7-13/h1,4-5,8,12-13H,2-3,6-7,9-10H2,(H,17,18). The van der Waals surface area contributed by atoms with E-state index in [2.05, 4.69) is 23.1 Å². The van der Waals surface area contributed by atoms with Gasteiger partial charge in [0, 0.05) is 18.3 Å². The third-order valence-corrected chi connectivity index (χ3v) is 4.30. The summed E-state index contributed by atoms with van der Waals surface area (Å²) in [7, 11) is 0. The highest BCUT2D eigenvalue weighted by atomic mass is 16.4. The van der Waals surface area contributed by atoms with Crippen LogP contribution in [-0.2, 0) is 11.2 Å². The summed E-state index contributed by atoms with van der Waals surface area (Å²) in [6.07, 6.45) is 5.65. The molecule has 1 aromatic rings. The maximum absolute atomic E-state index is 11.3. The number of carboxylic acid groups (broad SMARTS) is 1. The van der Waals surface area contributed by atoms with Gasteiger partial charge in [-0.1, -0.05) is 31.0 Å². The number of para-hydroxylation sites is 1. The maximum Gasteiger partial charge on any atom is 0.308 e. The fraction of sp³-hybridized carbons (Fsp3) is 0.533. The average Bonchev–Trinajstić information content (AvgIpc) is 2.91. The molecule has 3 heteroatoms. The minimum absolute atomic E-state index is 0.250. The lowest BCUT2D eigenvalue weighted by atomic mass is 9.91. The van der Waals surface area contributed by atoms with Crippen LogP contribution in [-0.4, -0.2) is 23.7 Å². The van der Waals surface area contributed by atoms with E-state index in [4.69, 9.17) is 0 Å². The fourth-order valence-corrected chi connectivity index (χ4v) is 3.36. The van der Waals surface area contributed by atoms with Crippen LogP contribution in [0.5, 0.6) is 0 Å². The lowest BCUT2D eigenvalue weighted by Gasteiger charge is -2.38. The van der Waals surface area contributed by atoms with E-state index in [1.165, 1.54) is 36.9 Å². The zero-order valence-corrected chi connectivity index (χ0v) is 10.5. The number of benzene rings is 1. The number of carbonyl (C=O) groups is 1. The van der Waals surface area contributed by atoms with Gasteiger partial charge in [0.1, 0.15) is 0 Å². The largest absolute Gasteiger partial charge is 0.481 e. The molecule has 1 aromatic carbocycles. The van der Waals surface area contributed by atoms with Crippen LogP contribution >= 0.6 is 0 Å². The first-order chi connectivity index (χ1) is 8.75. The molecule has 1 saturated carbocycles. The predicted octanol–water partition coefficient (Wildman–Crippen LogP) is 2.69. The first-order valence-electron chi connectivity index (χ1n) is 6.83. The van der Waals surface area contributed by atoms with Crippen LogP contribution < -0.4 is 4.90 Å². The summed E-state index contributed by atoms with van der Waals surface area (Å²) in [5, 5.41) is 9.30. The van der Waals surface area contributed by atoms with Crippen LogP contribution in [0, 0.1) is 5.92 Å². The Morgan fingerprint density at radius 1 is 1.22 bits per heavy atom. The Bertz CT molecular complexity index is 452. The Balaban J connectivity index is 1.93. The minimum Gasteiger partial charge on any atom is -0.481 e. The zero-order valence-electron chi connectivity index (χ0n) is 10.5. The highest BCUT2D eigenvalue weighted by Crippen LogP contribution is 2.35. The molecular weight excluding hydrogens is 226 g/mol. The van der Waals surface area contributed by atoms with Crippen molar-refractivity contribution in [3.05, 3.63) is 29.8 Å². The molecule has 2 aliphatic rings. The normalized spacial score (nSPS) is 24.0. The van der Waals surface area contributed by atoms with Crippen molar-refractivity contribution >= 4 is 11.7 Å². The molecule has 3 rings (SSSR count). The fourth-order valence-electron chi connectivity index (χ4n) is 3.36. The van der Waals surface area contributed by atoms with E-state index in [1.54, 1.807) is 0 Å². The molecule has 1 fully saturated rings. The molecule has 1 aliphatic heterocycles. The lowest BCUT2D eigenvalue weighted by molar-refractivity contribution is -0.141. The highest BCUT2D eigenvalue weighted by molar-refractivity contribution is 5.74. The number of hydrogen-bond donors (Lipinski definition) is 1. The molecule has 0 bridgehead atoms. The van der Waals surface area contributed by atoms with E-state index in [-0.39, 0.29) is 5.92 Å². The van der Waals surface area contributed by atoms with Crippen molar-refractivity contribution in [2.24, 2.45) is 5.92 Å². The molecule has 0 saturated heterocycles. The number of carboxylic acids is 1. The van der Waals surface area contributed by atoms with E-state index in [1.807, 2.05) is 6.07 Å². The van der Waals surface area contributed by atoms with Gasteiger partial charge in [-0.25, -0.2) is 0 Å². The van der Waals surface area contributed by atoms with Crippen molar-refractivity contribution in [1.29, 1.82) is 0 Å². The van der Waals surface area contributed by atoms with Gasteiger partial charge in [0.2, 0.25) is 0 Å². The monoisotopic (exact) mass is 245 g/mol. The first-order valence-corrected chi connectivity index (χ1v) is 6.83. The second-order valence-electron chi connectivity index (χ2n) is 5.46. The van der Waals surface area contributed by atoms with Gasteiger partial charge in [0.25, 0.3) is 0 Å². The first kappa shape index (κ1) is 11.6. The smallest absolute Gasteiger partial charge is 0.308 e. The number of aliphatic carboxylic acids is 1. The van der Waals surface area contributed by atoms with Crippen LogP contribution in [0.2, 0.25) is 0 Å². The van der Waals surface area contributed by atoms with Crippen LogP contribution in [0.4, 0.5) is 5.69 Å². The SMILES string of the molecule is O=C(O)C1Cc2ccccc2N(C2CCCC2)C1. The third kappa shape index (κ3) is 1.98. The molecular formula is C15H19NO2. The lowest BCUT2D eigenvalue weighted by Crippen LogP contribution is -2.43. The molecule has 1 unspecified atom stereocenters. The molecule has 1 aliphatic carbocycles. The molecule has 1 N–H and O–H groups in total. The minimum atomic E-state index is -0.660. The quantitative estimate of drug-likeness (QED) is 0.871. The molecule has 0 spiro atoms. The summed E-state index contributed by atoms with van der Waals surface area (Å²) in [4.78, 5) is 13.6. The third-order valence-electron chi connectivity index (χ3n) is 4.30. The van der Waals surface area contributed by atoms with Crippen LogP contribution in [0.3, 0.4) is 0 Å². The van der Waals surface area contributed by atoms with Crippen LogP contribution in [0.1, 0.15) is 31.2 Å². The van der Waals surface area contributed by atoms with E-state index in [0.29, 0.717) is 19.0 Å². The summed E-state index contributed by atoms with van der Waals surface area (Å²) in [6.45, 7) is 0.678. The van der Waals surface area contributed by atoms with Gasteiger partial charge < -0.3 is 10.0 Å². The molecule has 3 nitrogen and oxygen atoms in total. The van der Waals surface area contributed by atoms with Crippen molar-refractivity contribution in [3.63, 3.8) is 0 Å². The second-order valence-corrected chi connectivity index (χ2v) is 5.46. The summed E-state index contributed by atoms with van der Waals surface area (Å²) < 4.78 is 0. The molecule has 18 heavy (non-hydrogen) atoms. The second kappa shape index (κ2) is 4.63. The average molecular weight is 245 g/mol. The Morgan fingerprint density at radius 3 is 2.67 bits per heavy atom. The number of fused-ring (bicyclic) bond motifs is 1. The maximum atomic E-state index is 11.3. The number of anilines is 1. The van der Waals surface area contributed by atoms with Gasteiger partial charge in [0.15, 0.2) is 0 Å². The van der Waals surface area contributed by atoms with Gasteiger partial charge in [-0.2, -0.15) is 0 Å². The predicted molar refractivity (Wildman–Crippen MR) is 70.9 cm³/mol. The summed E-state index contributed by atoms with van der Waals surface area (Å²) >= 11 is 0. The van der Waals surface area contributed by atoms with E-state index < -0.39 is 5.97 Å². The summed E-state index contributed by atoms with van der Waals surface area (Å²) in [5.74, 6) is -0.909. The van der Waals surface area contributed by atoms with E-state index in [9.17, 15) is 9.90 Å². The molecule has 0 radical (unpaired) electrons. The number of hydrogen-bond acceptors (Lipinski definition) is 2. The zero-order chi connectivity index (χ0) is 12.5. The van der Waals surface area contributed by atoms with Gasteiger partial charge in [-0.15, -0.1) is 0 Å². The number of nitrogens with zero attached hydrogens (tertiary/aromatic N) is 1. The van der Waals surface area contributed by atoms with Crippen molar-refractivity contribution in [3.8, 4) is 0 Å². The Morgan fingerprint density at radius 2 is 1.94 bits per heavy atom. The van der Waals surface area contributed by atoms with Crippen LogP contribution in [0.25, 0.3) is 0 Å². The molecule has 0 aromatic heterocycles. The van der Waals surface area contributed by atoms with Crippen LogP contribution in [0.15, 0.2) is 24.3 Å². The Kier molecular flexibility index (Phi) is 2.98. The van der Waals surface area contributed by atoms with Gasteiger partial charge in [-0.3, -0.25) is 4.79 Å². The number of rotatable bonds is 2. The Labute approximate surface area is 107 Å². The Hall–Kier alpha value is -1.51. The molecule has 1 heterocycles. The van der Waals surface area contributed by atoms with Gasteiger partial charge in [-0.05, 0) is 30.9 Å². The van der Waals surface area contributed by atoms with E-state index in [0.717, 1.165) is 0 Å². The van der Waals surface area contributed by atoms with Gasteiger partial charge in [0.05, 0.1) is 5.92 Å². The molecule has 0 amide bonds. The van der Waals surface area contributed by atoms with Crippen molar-refractivity contribution in [2.45, 2.75) is 38.1 Å². The van der Waals surface area contributed by atoms with Crippen molar-refractivity contribution < 1.29 is 9.90 Å². The van der Waals surface area contributed by atoms with E-state index >= 15 is 0 Å².